The summed E-state index contributed by atoms with van der Waals surface area (Å²) < 4.78 is 29.5. The molecule has 3 nitrogen and oxygen atoms in total. The summed E-state index contributed by atoms with van der Waals surface area (Å²) in [5.74, 6) is -0.00398. The molecule has 72 valence electrons. The van der Waals surface area contributed by atoms with E-state index in [1.165, 1.54) is 13.2 Å². The topological polar surface area (TPSA) is 48.1 Å². The van der Waals surface area contributed by atoms with Crippen molar-refractivity contribution in [3.8, 4) is 5.75 Å². The second-order valence-electron chi connectivity index (χ2n) is 2.26. The molecule has 0 aromatic carbocycles. The first-order valence-electron chi connectivity index (χ1n) is 3.34. The average Bonchev–Trinajstić information content (AvgIpc) is 2.08. The van der Waals surface area contributed by atoms with E-state index in [0.29, 0.717) is 0 Å². The molecule has 0 spiro atoms. The Hall–Kier alpha value is -0.910. The predicted octanol–water partition coefficient (Wildman–Crippen LogP) is 2.37. The molecule has 0 bridgehead atoms. The highest BCUT2D eigenvalue weighted by atomic mass is 79.9. The van der Waals surface area contributed by atoms with Crippen LogP contribution in [0.3, 0.4) is 0 Å². The van der Waals surface area contributed by atoms with Crippen molar-refractivity contribution in [2.24, 2.45) is 0 Å². The highest BCUT2D eigenvalue weighted by molar-refractivity contribution is 9.10. The Morgan fingerprint density at radius 1 is 1.62 bits per heavy atom. The van der Waals surface area contributed by atoms with Gasteiger partial charge in [0.1, 0.15) is 16.0 Å². The van der Waals surface area contributed by atoms with E-state index in [2.05, 4.69) is 20.9 Å². The van der Waals surface area contributed by atoms with Crippen molar-refractivity contribution in [3.63, 3.8) is 0 Å². The molecule has 0 saturated heterocycles. The van der Waals surface area contributed by atoms with E-state index in [9.17, 15) is 8.78 Å². The summed E-state index contributed by atoms with van der Waals surface area (Å²) in [7, 11) is 1.29. The summed E-state index contributed by atoms with van der Waals surface area (Å²) in [4.78, 5) is 3.56. The fourth-order valence-electron chi connectivity index (χ4n) is 0.820. The quantitative estimate of drug-likeness (QED) is 0.823. The molecule has 0 amide bonds. The molecule has 0 saturated carbocycles. The Morgan fingerprint density at radius 3 is 2.69 bits per heavy atom. The van der Waals surface area contributed by atoms with Crippen LogP contribution >= 0.6 is 15.9 Å². The predicted molar refractivity (Wildman–Crippen MR) is 47.9 cm³/mol. The van der Waals surface area contributed by atoms with Gasteiger partial charge < -0.3 is 10.5 Å². The van der Waals surface area contributed by atoms with Crippen LogP contribution < -0.4 is 10.5 Å². The number of nitrogens with zero attached hydrogens (tertiary/aromatic N) is 1. The van der Waals surface area contributed by atoms with Crippen LogP contribution in [-0.4, -0.2) is 12.1 Å². The van der Waals surface area contributed by atoms with Gasteiger partial charge in [-0.05, 0) is 15.9 Å². The van der Waals surface area contributed by atoms with Gasteiger partial charge in [-0.2, -0.15) is 0 Å². The Morgan fingerprint density at radius 2 is 2.23 bits per heavy atom. The van der Waals surface area contributed by atoms with Gasteiger partial charge in [-0.15, -0.1) is 0 Å². The van der Waals surface area contributed by atoms with Gasteiger partial charge in [-0.3, -0.25) is 0 Å². The number of hydrogen-bond donors (Lipinski definition) is 1. The van der Waals surface area contributed by atoms with Crippen LogP contribution in [0.1, 0.15) is 12.1 Å². The van der Waals surface area contributed by atoms with Crippen molar-refractivity contribution < 1.29 is 13.5 Å². The number of aromatic nitrogens is 1. The van der Waals surface area contributed by atoms with E-state index >= 15 is 0 Å². The molecule has 2 N–H and O–H groups in total. The molecule has 0 aliphatic heterocycles. The summed E-state index contributed by atoms with van der Waals surface area (Å²) >= 11 is 2.95. The molecule has 0 aliphatic rings. The van der Waals surface area contributed by atoms with Gasteiger partial charge in [0, 0.05) is 6.07 Å². The zero-order valence-electron chi connectivity index (χ0n) is 6.72. The third-order valence-electron chi connectivity index (χ3n) is 1.42. The van der Waals surface area contributed by atoms with Crippen molar-refractivity contribution in [1.82, 2.24) is 4.98 Å². The molecule has 1 aromatic heterocycles. The van der Waals surface area contributed by atoms with E-state index in [4.69, 9.17) is 10.5 Å². The van der Waals surface area contributed by atoms with Gasteiger partial charge in [-0.1, -0.05) is 0 Å². The smallest absolute Gasteiger partial charge is 0.284 e. The van der Waals surface area contributed by atoms with Gasteiger partial charge in [0.15, 0.2) is 0 Å². The minimum atomic E-state index is -2.67. The molecule has 0 fully saturated rings. The molecule has 0 aliphatic carbocycles. The largest absolute Gasteiger partial charge is 0.495 e. The Kier molecular flexibility index (Phi) is 3.02. The van der Waals surface area contributed by atoms with Crippen LogP contribution in [-0.2, 0) is 0 Å². The zero-order chi connectivity index (χ0) is 10.0. The Bertz CT molecular complexity index is 320. The van der Waals surface area contributed by atoms with Crippen LogP contribution in [0.2, 0.25) is 0 Å². The van der Waals surface area contributed by atoms with Gasteiger partial charge in [-0.25, -0.2) is 13.8 Å². The monoisotopic (exact) mass is 252 g/mol. The Labute approximate surface area is 82.0 Å². The molecule has 1 aromatic rings. The van der Waals surface area contributed by atoms with Crippen LogP contribution in [0.15, 0.2) is 10.7 Å². The van der Waals surface area contributed by atoms with Crippen molar-refractivity contribution in [2.45, 2.75) is 6.43 Å². The highest BCUT2D eigenvalue weighted by Crippen LogP contribution is 2.31. The summed E-state index contributed by atoms with van der Waals surface area (Å²) in [5, 5.41) is 0. The lowest BCUT2D eigenvalue weighted by molar-refractivity contribution is 0.141. The van der Waals surface area contributed by atoms with E-state index in [1.807, 2.05) is 0 Å². The minimum Gasteiger partial charge on any atom is -0.495 e. The number of hydrogen-bond acceptors (Lipinski definition) is 3. The maximum atomic E-state index is 12.3. The highest BCUT2D eigenvalue weighted by Gasteiger charge is 2.17. The first-order valence-corrected chi connectivity index (χ1v) is 4.13. The lowest BCUT2D eigenvalue weighted by atomic mass is 10.3. The molecular weight excluding hydrogens is 246 g/mol. The molecule has 0 unspecified atom stereocenters. The second-order valence-corrected chi connectivity index (χ2v) is 3.01. The number of halogens is 3. The lowest BCUT2D eigenvalue weighted by Gasteiger charge is -2.08. The number of ether oxygens (including phenoxy) is 1. The SMILES string of the molecule is COc1cc(N)c(Br)nc1C(F)F. The third kappa shape index (κ3) is 2.06. The first kappa shape index (κ1) is 10.2. The van der Waals surface area contributed by atoms with E-state index in [-0.39, 0.29) is 16.0 Å². The molecule has 1 rings (SSSR count). The summed E-state index contributed by atoms with van der Waals surface area (Å²) in [6, 6.07) is 1.30. The fraction of sp³-hybridized carbons (Fsp3) is 0.286. The van der Waals surface area contributed by atoms with Crippen LogP contribution in [0.4, 0.5) is 14.5 Å². The van der Waals surface area contributed by atoms with Crippen molar-refractivity contribution in [2.75, 3.05) is 12.8 Å². The average molecular weight is 253 g/mol. The third-order valence-corrected chi connectivity index (χ3v) is 2.06. The van der Waals surface area contributed by atoms with Crippen LogP contribution in [0, 0.1) is 0 Å². The van der Waals surface area contributed by atoms with Crippen LogP contribution in [0.25, 0.3) is 0 Å². The van der Waals surface area contributed by atoms with E-state index in [1.54, 1.807) is 0 Å². The number of alkyl halides is 2. The molecule has 13 heavy (non-hydrogen) atoms. The van der Waals surface area contributed by atoms with E-state index in [0.717, 1.165) is 0 Å². The maximum Gasteiger partial charge on any atom is 0.284 e. The molecule has 0 atom stereocenters. The minimum absolute atomic E-state index is 0.00398. The maximum absolute atomic E-state index is 12.3. The number of nitrogen functional groups attached to an aromatic ring is 1. The van der Waals surface area contributed by atoms with Gasteiger partial charge in [0.2, 0.25) is 0 Å². The number of nitrogens with two attached hydrogens (primary N) is 1. The van der Waals surface area contributed by atoms with Gasteiger partial charge >= 0.3 is 0 Å². The summed E-state index contributed by atoms with van der Waals surface area (Å²) in [5.41, 5.74) is 5.28. The van der Waals surface area contributed by atoms with Gasteiger partial charge in [0.25, 0.3) is 6.43 Å². The normalized spacial score (nSPS) is 10.5. The lowest BCUT2D eigenvalue weighted by Crippen LogP contribution is -2.00. The second kappa shape index (κ2) is 3.87. The standard InChI is InChI=1S/C7H7BrF2N2O/c1-13-4-2-3(11)6(8)12-5(4)7(9)10/h2,7H,11H2,1H3. The van der Waals surface area contributed by atoms with E-state index < -0.39 is 12.1 Å². The van der Waals surface area contributed by atoms with Crippen LogP contribution in [0.5, 0.6) is 5.75 Å². The molecule has 0 radical (unpaired) electrons. The molecule has 6 heteroatoms. The van der Waals surface area contributed by atoms with Crippen molar-refractivity contribution in [1.29, 1.82) is 0 Å². The number of pyridine rings is 1. The van der Waals surface area contributed by atoms with Gasteiger partial charge in [0.05, 0.1) is 12.8 Å². The number of rotatable bonds is 2. The van der Waals surface area contributed by atoms with Crippen molar-refractivity contribution >= 4 is 21.6 Å². The summed E-state index contributed by atoms with van der Waals surface area (Å²) in [6.45, 7) is 0. The fourth-order valence-corrected chi connectivity index (χ4v) is 1.13. The zero-order valence-corrected chi connectivity index (χ0v) is 8.31. The Balaban J connectivity index is 3.25. The summed E-state index contributed by atoms with van der Waals surface area (Å²) in [6.07, 6.45) is -2.67. The first-order chi connectivity index (χ1) is 6.06. The number of methoxy groups -OCH3 is 1. The number of anilines is 1. The molecular formula is C7H7BrF2N2O. The molecule has 1 heterocycles. The van der Waals surface area contributed by atoms with Crippen molar-refractivity contribution in [3.05, 3.63) is 16.4 Å².